The van der Waals surface area contributed by atoms with Crippen LogP contribution in [0.4, 0.5) is 11.5 Å². The Kier molecular flexibility index (Phi) is 4.74. The van der Waals surface area contributed by atoms with Crippen molar-refractivity contribution in [2.45, 2.75) is 19.9 Å². The number of carbonyl (C=O) groups is 1. The fourth-order valence-corrected chi connectivity index (χ4v) is 3.51. The van der Waals surface area contributed by atoms with Crippen LogP contribution in [-0.4, -0.2) is 30.6 Å². The lowest BCUT2D eigenvalue weighted by Gasteiger charge is -2.16. The van der Waals surface area contributed by atoms with Crippen LogP contribution >= 0.6 is 11.3 Å². The normalized spacial score (nSPS) is 12.1. The van der Waals surface area contributed by atoms with Gasteiger partial charge < -0.3 is 10.6 Å². The molecule has 0 bridgehead atoms. The van der Waals surface area contributed by atoms with Gasteiger partial charge in [-0.15, -0.1) is 11.3 Å². The van der Waals surface area contributed by atoms with Crippen LogP contribution in [0.2, 0.25) is 0 Å². The minimum absolute atomic E-state index is 0.0255. The molecule has 0 fully saturated rings. The Balaban J connectivity index is 1.49. The maximum Gasteiger partial charge on any atom is 0.267 e. The van der Waals surface area contributed by atoms with Crippen LogP contribution in [0.15, 0.2) is 42.9 Å². The molecule has 1 atom stereocenters. The minimum atomic E-state index is -0.157. The monoisotopic (exact) mass is 393 g/mol. The van der Waals surface area contributed by atoms with E-state index in [1.54, 1.807) is 23.3 Å². The van der Waals surface area contributed by atoms with E-state index in [2.05, 4.69) is 30.7 Å². The molecule has 0 saturated carbocycles. The lowest BCUT2D eigenvalue weighted by atomic mass is 10.1. The Hall–Kier alpha value is -3.33. The van der Waals surface area contributed by atoms with Gasteiger partial charge in [-0.25, -0.2) is 19.6 Å². The molecule has 0 radical (unpaired) electrons. The van der Waals surface area contributed by atoms with Crippen molar-refractivity contribution in [1.82, 2.24) is 24.7 Å². The number of aryl methyl sites for hydroxylation is 2. The Morgan fingerprint density at radius 1 is 1.21 bits per heavy atom. The number of nitrogens with one attached hydrogen (secondary N) is 2. The molecule has 3 aromatic heterocycles. The van der Waals surface area contributed by atoms with E-state index in [1.807, 2.05) is 45.2 Å². The number of nitrogens with zero attached hydrogens (tertiary/aromatic N) is 5. The zero-order chi connectivity index (χ0) is 19.7. The fraction of sp³-hybridized carbons (Fsp3) is 0.211. The van der Waals surface area contributed by atoms with E-state index in [0.717, 1.165) is 27.4 Å². The maximum absolute atomic E-state index is 12.3. The summed E-state index contributed by atoms with van der Waals surface area (Å²) in [5.74, 6) is 0.508. The van der Waals surface area contributed by atoms with Crippen LogP contribution in [0.1, 0.15) is 33.2 Å². The second kappa shape index (κ2) is 7.35. The summed E-state index contributed by atoms with van der Waals surface area (Å²) in [6.07, 6.45) is 4.97. The molecule has 0 saturated heterocycles. The van der Waals surface area contributed by atoms with Crippen LogP contribution in [0.5, 0.6) is 0 Å². The zero-order valence-corrected chi connectivity index (χ0v) is 16.5. The predicted octanol–water partition coefficient (Wildman–Crippen LogP) is 3.55. The van der Waals surface area contributed by atoms with E-state index in [1.165, 1.54) is 11.3 Å². The van der Waals surface area contributed by atoms with Crippen LogP contribution < -0.4 is 10.6 Å². The number of hydrogen-bond acceptors (Lipinski definition) is 7. The molecule has 2 N–H and O–H groups in total. The van der Waals surface area contributed by atoms with Crippen LogP contribution in [0, 0.1) is 6.92 Å². The van der Waals surface area contributed by atoms with E-state index in [4.69, 9.17) is 0 Å². The number of benzene rings is 1. The minimum Gasteiger partial charge on any atom is -0.362 e. The van der Waals surface area contributed by atoms with Gasteiger partial charge in [0.2, 0.25) is 0 Å². The van der Waals surface area contributed by atoms with Crippen molar-refractivity contribution in [3.05, 3.63) is 58.3 Å². The van der Waals surface area contributed by atoms with Crippen molar-refractivity contribution in [2.75, 3.05) is 10.6 Å². The average molecular weight is 393 g/mol. The number of anilines is 2. The third-order valence-corrected chi connectivity index (χ3v) is 5.21. The van der Waals surface area contributed by atoms with Gasteiger partial charge in [-0.05, 0) is 31.5 Å². The molecule has 0 aliphatic heterocycles. The summed E-state index contributed by atoms with van der Waals surface area (Å²) in [4.78, 5) is 26.0. The molecule has 28 heavy (non-hydrogen) atoms. The highest BCUT2D eigenvalue weighted by Gasteiger charge is 2.12. The average Bonchev–Trinajstić information content (AvgIpc) is 3.28. The molecule has 1 aromatic carbocycles. The quantitative estimate of drug-likeness (QED) is 0.538. The fourth-order valence-electron chi connectivity index (χ4n) is 2.83. The molecular weight excluding hydrogens is 374 g/mol. The maximum atomic E-state index is 12.3. The highest BCUT2D eigenvalue weighted by atomic mass is 32.1. The Labute approximate surface area is 165 Å². The number of amides is 1. The summed E-state index contributed by atoms with van der Waals surface area (Å²) < 4.78 is 1.69. The summed E-state index contributed by atoms with van der Waals surface area (Å²) in [5, 5.41) is 11.3. The van der Waals surface area contributed by atoms with Gasteiger partial charge in [-0.3, -0.25) is 4.79 Å². The third kappa shape index (κ3) is 3.70. The number of carbonyl (C=O) groups excluding carboxylic acids is 1. The van der Waals surface area contributed by atoms with Crippen LogP contribution in [-0.2, 0) is 7.05 Å². The first-order valence-electron chi connectivity index (χ1n) is 8.74. The van der Waals surface area contributed by atoms with Gasteiger partial charge in [0.1, 0.15) is 16.2 Å². The van der Waals surface area contributed by atoms with E-state index in [0.29, 0.717) is 10.7 Å². The Morgan fingerprint density at radius 2 is 2.07 bits per heavy atom. The highest BCUT2D eigenvalue weighted by Crippen LogP contribution is 2.22. The number of hydrogen-bond donors (Lipinski definition) is 2. The first kappa shape index (κ1) is 18.1. The number of fused-ring (bicyclic) bond motifs is 1. The van der Waals surface area contributed by atoms with Crippen LogP contribution in [0.3, 0.4) is 0 Å². The van der Waals surface area contributed by atoms with E-state index in [-0.39, 0.29) is 11.9 Å². The molecule has 4 aromatic rings. The molecule has 8 nitrogen and oxygen atoms in total. The predicted molar refractivity (Wildman–Crippen MR) is 110 cm³/mol. The highest BCUT2D eigenvalue weighted by molar-refractivity contribution is 7.13. The van der Waals surface area contributed by atoms with Crippen molar-refractivity contribution < 1.29 is 4.79 Å². The summed E-state index contributed by atoms with van der Waals surface area (Å²) in [7, 11) is 1.83. The van der Waals surface area contributed by atoms with Crippen LogP contribution in [0.25, 0.3) is 11.2 Å². The molecule has 9 heteroatoms. The van der Waals surface area contributed by atoms with Gasteiger partial charge in [0.05, 0.1) is 29.6 Å². The standard InChI is InChI=1S/C19H19N7OS/c1-11(23-17-10-21-15-8-22-26(3)18(15)25-17)13-5-4-6-14(7-13)24-19(27)16-9-20-12(2)28-16/h4-11H,1-3H3,(H,23,25)(H,24,27)/t11-/m0/s1. The van der Waals surface area contributed by atoms with Gasteiger partial charge in [-0.1, -0.05) is 12.1 Å². The van der Waals surface area contributed by atoms with Gasteiger partial charge in [0, 0.05) is 12.7 Å². The van der Waals surface area contributed by atoms with E-state index >= 15 is 0 Å². The van der Waals surface area contributed by atoms with Crippen molar-refractivity contribution in [3.8, 4) is 0 Å². The second-order valence-corrected chi connectivity index (χ2v) is 7.66. The molecule has 3 heterocycles. The van der Waals surface area contributed by atoms with Gasteiger partial charge >= 0.3 is 0 Å². The topological polar surface area (TPSA) is 97.6 Å². The number of thiazole rings is 1. The van der Waals surface area contributed by atoms with Crippen molar-refractivity contribution in [1.29, 1.82) is 0 Å². The number of rotatable bonds is 5. The molecule has 142 valence electrons. The molecular formula is C19H19N7OS. The van der Waals surface area contributed by atoms with Gasteiger partial charge in [-0.2, -0.15) is 5.10 Å². The lowest BCUT2D eigenvalue weighted by Crippen LogP contribution is -2.12. The van der Waals surface area contributed by atoms with Gasteiger partial charge in [0.15, 0.2) is 5.65 Å². The smallest absolute Gasteiger partial charge is 0.267 e. The molecule has 0 aliphatic rings. The van der Waals surface area contributed by atoms with Crippen molar-refractivity contribution in [2.24, 2.45) is 7.05 Å². The summed E-state index contributed by atoms with van der Waals surface area (Å²) in [6.45, 7) is 3.91. The summed E-state index contributed by atoms with van der Waals surface area (Å²) in [5.41, 5.74) is 3.22. The molecule has 4 rings (SSSR count). The largest absolute Gasteiger partial charge is 0.362 e. The summed E-state index contributed by atoms with van der Waals surface area (Å²) >= 11 is 1.37. The Morgan fingerprint density at radius 3 is 2.86 bits per heavy atom. The van der Waals surface area contributed by atoms with E-state index in [9.17, 15) is 4.79 Å². The first-order chi connectivity index (χ1) is 13.5. The van der Waals surface area contributed by atoms with Crippen molar-refractivity contribution in [3.63, 3.8) is 0 Å². The lowest BCUT2D eigenvalue weighted by molar-refractivity contribution is 0.103. The molecule has 0 aliphatic carbocycles. The molecule has 0 unspecified atom stereocenters. The van der Waals surface area contributed by atoms with E-state index < -0.39 is 0 Å². The Bertz CT molecular complexity index is 1150. The van der Waals surface area contributed by atoms with Crippen molar-refractivity contribution >= 4 is 39.9 Å². The zero-order valence-electron chi connectivity index (χ0n) is 15.7. The van der Waals surface area contributed by atoms with Gasteiger partial charge in [0.25, 0.3) is 5.91 Å². The number of aromatic nitrogens is 5. The first-order valence-corrected chi connectivity index (χ1v) is 9.56. The second-order valence-electron chi connectivity index (χ2n) is 6.42. The summed E-state index contributed by atoms with van der Waals surface area (Å²) in [6, 6.07) is 7.70. The SMILES string of the molecule is Cc1ncc(C(=O)Nc2cccc([C@H](C)Nc3cnc4cnn(C)c4n3)c2)s1. The molecule has 0 spiro atoms. The molecule has 1 amide bonds. The third-order valence-electron chi connectivity index (χ3n) is 4.30.